The molecule has 1 aliphatic rings. The Labute approximate surface area is 180 Å². The van der Waals surface area contributed by atoms with Crippen molar-refractivity contribution in [3.63, 3.8) is 0 Å². The molecule has 152 valence electrons. The number of carbonyl (C=O) groups excluding carboxylic acids is 1. The molecule has 2 aromatic carbocycles. The van der Waals surface area contributed by atoms with Gasteiger partial charge in [0, 0.05) is 4.47 Å². The van der Waals surface area contributed by atoms with Crippen molar-refractivity contribution in [2.45, 2.75) is 6.04 Å². The number of benzene rings is 2. The molecule has 0 fully saturated rings. The highest BCUT2D eigenvalue weighted by molar-refractivity contribution is 9.10. The van der Waals surface area contributed by atoms with E-state index in [2.05, 4.69) is 31.7 Å². The normalized spacial score (nSPS) is 14.9. The summed E-state index contributed by atoms with van der Waals surface area (Å²) >= 11 is 3.40. The molecule has 0 bridgehead atoms. The van der Waals surface area contributed by atoms with Gasteiger partial charge in [-0.05, 0) is 35.9 Å². The van der Waals surface area contributed by atoms with Gasteiger partial charge in [-0.1, -0.05) is 40.2 Å². The number of rotatable bonds is 5. The highest BCUT2D eigenvalue weighted by Crippen LogP contribution is 2.33. The van der Waals surface area contributed by atoms with Crippen molar-refractivity contribution in [2.24, 2.45) is 0 Å². The molecule has 0 radical (unpaired) electrons. The van der Waals surface area contributed by atoms with Gasteiger partial charge in [0.15, 0.2) is 0 Å². The number of allylic oxidation sites excluding steroid dienone is 1. The van der Waals surface area contributed by atoms with E-state index in [1.165, 1.54) is 13.3 Å². The second kappa shape index (κ2) is 8.03. The molecule has 1 atom stereocenters. The summed E-state index contributed by atoms with van der Waals surface area (Å²) in [6, 6.07) is 14.0. The van der Waals surface area contributed by atoms with Crippen molar-refractivity contribution in [3.05, 3.63) is 82.1 Å². The van der Waals surface area contributed by atoms with Crippen LogP contribution in [0.5, 0.6) is 5.75 Å². The molecule has 1 amide bonds. The molecule has 0 aliphatic carbocycles. The molecule has 2 heterocycles. The van der Waals surface area contributed by atoms with E-state index in [9.17, 15) is 14.7 Å². The second-order valence-electron chi connectivity index (χ2n) is 6.51. The summed E-state index contributed by atoms with van der Waals surface area (Å²) in [6.45, 7) is 0. The predicted octanol–water partition coefficient (Wildman–Crippen LogP) is 3.89. The van der Waals surface area contributed by atoms with Crippen LogP contribution in [-0.4, -0.2) is 33.9 Å². The summed E-state index contributed by atoms with van der Waals surface area (Å²) in [5.74, 6) is -0.746. The molecule has 0 saturated heterocycles. The summed E-state index contributed by atoms with van der Waals surface area (Å²) in [5.41, 5.74) is 1.52. The van der Waals surface area contributed by atoms with E-state index < -0.39 is 17.9 Å². The quantitative estimate of drug-likeness (QED) is 0.524. The number of anilines is 2. The maximum absolute atomic E-state index is 12.9. The number of hydrogen-bond acceptors (Lipinski definition) is 5. The fourth-order valence-corrected chi connectivity index (χ4v) is 3.49. The molecule has 0 spiro atoms. The van der Waals surface area contributed by atoms with Crippen LogP contribution < -0.4 is 15.4 Å². The number of nitrogens with one attached hydrogen (secondary N) is 2. The molecule has 3 N–H and O–H groups in total. The number of carboxylic acid groups (broad SMARTS) is 1. The standard InChI is InChI=1S/C21H17BrN4O4/c1-30-18-5-3-2-4-15(18)25-20(27)14-11-23-26-17(12-6-8-13(22)9-7-12)10-16(21(28)29)24-19(14)26/h2-11,17,24H,1H3,(H,25,27)(H,28,29)/t17-/m1/s1. The summed E-state index contributed by atoms with van der Waals surface area (Å²) in [4.78, 5) is 24.6. The van der Waals surface area contributed by atoms with E-state index in [1.807, 2.05) is 24.3 Å². The first-order chi connectivity index (χ1) is 14.5. The van der Waals surface area contributed by atoms with Crippen molar-refractivity contribution in [1.82, 2.24) is 9.78 Å². The number of nitrogens with zero attached hydrogens (tertiary/aromatic N) is 2. The molecular weight excluding hydrogens is 452 g/mol. The van der Waals surface area contributed by atoms with Crippen LogP contribution in [0, 0.1) is 0 Å². The molecule has 1 aliphatic heterocycles. The van der Waals surface area contributed by atoms with Crippen LogP contribution in [-0.2, 0) is 4.79 Å². The molecule has 30 heavy (non-hydrogen) atoms. The topological polar surface area (TPSA) is 105 Å². The number of halogens is 1. The van der Waals surface area contributed by atoms with Crippen LogP contribution in [0.1, 0.15) is 22.0 Å². The van der Waals surface area contributed by atoms with Gasteiger partial charge in [-0.15, -0.1) is 0 Å². The van der Waals surface area contributed by atoms with Crippen LogP contribution in [0.3, 0.4) is 0 Å². The summed E-state index contributed by atoms with van der Waals surface area (Å²) in [5, 5.41) is 19.5. The Balaban J connectivity index is 1.72. The minimum absolute atomic E-state index is 0.0257. The Morgan fingerprint density at radius 3 is 2.63 bits per heavy atom. The zero-order chi connectivity index (χ0) is 21.3. The third-order valence-corrected chi connectivity index (χ3v) is 5.21. The molecular formula is C21H17BrN4O4. The minimum Gasteiger partial charge on any atom is -0.495 e. The maximum Gasteiger partial charge on any atom is 0.352 e. The molecule has 3 aromatic rings. The molecule has 0 saturated carbocycles. The summed E-state index contributed by atoms with van der Waals surface area (Å²) in [7, 11) is 1.51. The van der Waals surface area contributed by atoms with Crippen molar-refractivity contribution < 1.29 is 19.4 Å². The average Bonchev–Trinajstić information content (AvgIpc) is 3.18. The largest absolute Gasteiger partial charge is 0.495 e. The summed E-state index contributed by atoms with van der Waals surface area (Å²) < 4.78 is 7.76. The first-order valence-electron chi connectivity index (χ1n) is 8.97. The smallest absolute Gasteiger partial charge is 0.352 e. The van der Waals surface area contributed by atoms with E-state index in [0.717, 1.165) is 10.0 Å². The minimum atomic E-state index is -1.12. The van der Waals surface area contributed by atoms with Crippen molar-refractivity contribution in [3.8, 4) is 5.75 Å². The Morgan fingerprint density at radius 2 is 1.93 bits per heavy atom. The monoisotopic (exact) mass is 468 g/mol. The fourth-order valence-electron chi connectivity index (χ4n) is 3.22. The lowest BCUT2D eigenvalue weighted by molar-refractivity contribution is -0.132. The van der Waals surface area contributed by atoms with Gasteiger partial charge in [-0.3, -0.25) is 4.79 Å². The van der Waals surface area contributed by atoms with Gasteiger partial charge in [0.25, 0.3) is 5.91 Å². The van der Waals surface area contributed by atoms with Crippen LogP contribution in [0.15, 0.2) is 71.0 Å². The number of methoxy groups -OCH3 is 1. The van der Waals surface area contributed by atoms with Crippen LogP contribution >= 0.6 is 15.9 Å². The summed E-state index contributed by atoms with van der Waals surface area (Å²) in [6.07, 6.45) is 2.98. The highest BCUT2D eigenvalue weighted by Gasteiger charge is 2.29. The van der Waals surface area contributed by atoms with Gasteiger partial charge in [-0.2, -0.15) is 5.10 Å². The molecule has 1 aromatic heterocycles. The average molecular weight is 469 g/mol. The zero-order valence-corrected chi connectivity index (χ0v) is 17.4. The first-order valence-corrected chi connectivity index (χ1v) is 9.76. The number of para-hydroxylation sites is 2. The van der Waals surface area contributed by atoms with E-state index >= 15 is 0 Å². The van der Waals surface area contributed by atoms with Crippen LogP contribution in [0.25, 0.3) is 0 Å². The van der Waals surface area contributed by atoms with Crippen molar-refractivity contribution in [1.29, 1.82) is 0 Å². The molecule has 8 nitrogen and oxygen atoms in total. The van der Waals surface area contributed by atoms with Crippen molar-refractivity contribution in [2.75, 3.05) is 17.7 Å². The Morgan fingerprint density at radius 1 is 1.20 bits per heavy atom. The number of hydrogen-bond donors (Lipinski definition) is 3. The number of fused-ring (bicyclic) bond motifs is 1. The Bertz CT molecular complexity index is 1150. The molecule has 4 rings (SSSR count). The third kappa shape index (κ3) is 3.67. The first kappa shape index (κ1) is 19.7. The maximum atomic E-state index is 12.9. The zero-order valence-electron chi connectivity index (χ0n) is 15.8. The highest BCUT2D eigenvalue weighted by atomic mass is 79.9. The Kier molecular flexibility index (Phi) is 5.28. The van der Waals surface area contributed by atoms with Crippen LogP contribution in [0.4, 0.5) is 11.5 Å². The fraction of sp³-hybridized carbons (Fsp3) is 0.0952. The predicted molar refractivity (Wildman–Crippen MR) is 115 cm³/mol. The van der Waals surface area contributed by atoms with E-state index in [4.69, 9.17) is 4.74 Å². The lowest BCUT2D eigenvalue weighted by atomic mass is 10.0. The van der Waals surface area contributed by atoms with Crippen molar-refractivity contribution >= 4 is 39.3 Å². The lowest BCUT2D eigenvalue weighted by Gasteiger charge is -2.24. The van der Waals surface area contributed by atoms with E-state index in [0.29, 0.717) is 17.3 Å². The number of ether oxygens (including phenoxy) is 1. The van der Waals surface area contributed by atoms with Gasteiger partial charge in [0.05, 0.1) is 25.0 Å². The number of carbonyl (C=O) groups is 2. The SMILES string of the molecule is COc1ccccc1NC(=O)c1cnn2c1NC(C(=O)O)=C[C@@H]2c1ccc(Br)cc1. The second-order valence-corrected chi connectivity index (χ2v) is 7.43. The number of carboxylic acids is 1. The number of aliphatic carboxylic acids is 1. The third-order valence-electron chi connectivity index (χ3n) is 4.68. The number of amides is 1. The van der Waals surface area contributed by atoms with E-state index in [-0.39, 0.29) is 11.3 Å². The molecule has 0 unspecified atom stereocenters. The van der Waals surface area contributed by atoms with Gasteiger partial charge < -0.3 is 20.5 Å². The number of aromatic nitrogens is 2. The van der Waals surface area contributed by atoms with Gasteiger partial charge >= 0.3 is 5.97 Å². The van der Waals surface area contributed by atoms with Gasteiger partial charge in [0.2, 0.25) is 0 Å². The lowest BCUT2D eigenvalue weighted by Crippen LogP contribution is -2.25. The molecule has 9 heteroatoms. The Hall–Kier alpha value is -3.59. The van der Waals surface area contributed by atoms with Crippen LogP contribution in [0.2, 0.25) is 0 Å². The van der Waals surface area contributed by atoms with E-state index in [1.54, 1.807) is 35.0 Å². The van der Waals surface area contributed by atoms with Gasteiger partial charge in [-0.25, -0.2) is 9.48 Å². The van der Waals surface area contributed by atoms with Gasteiger partial charge in [0.1, 0.15) is 22.8 Å².